The molecular formula is C19H21N5O3S. The van der Waals surface area contributed by atoms with Crippen molar-refractivity contribution < 1.29 is 13.2 Å². The lowest BCUT2D eigenvalue weighted by atomic mass is 10.0. The van der Waals surface area contributed by atoms with Gasteiger partial charge < -0.3 is 10.5 Å². The highest BCUT2D eigenvalue weighted by Gasteiger charge is 2.35. The highest BCUT2D eigenvalue weighted by atomic mass is 32.2. The van der Waals surface area contributed by atoms with Gasteiger partial charge in [0.2, 0.25) is 10.0 Å². The molecule has 0 spiro atoms. The molecule has 1 saturated heterocycles. The summed E-state index contributed by atoms with van der Waals surface area (Å²) in [6, 6.07) is 9.72. The highest BCUT2D eigenvalue weighted by molar-refractivity contribution is 7.89. The normalized spacial score (nSPS) is 18.2. The van der Waals surface area contributed by atoms with Crippen molar-refractivity contribution in [1.82, 2.24) is 19.3 Å². The summed E-state index contributed by atoms with van der Waals surface area (Å²) in [6.45, 7) is 0.449. The number of sulfonamides is 1. The van der Waals surface area contributed by atoms with Crippen molar-refractivity contribution in [3.63, 3.8) is 0 Å². The summed E-state index contributed by atoms with van der Waals surface area (Å²) in [5.74, 6) is 0.970. The second-order valence-corrected chi connectivity index (χ2v) is 8.56. The molecule has 3 heterocycles. The SMILES string of the molecule is COc1ccc(S(=O)(=O)N2CCCC[C@@H]2c2ccc3c(N)ncnc3n2)cc1. The number of hydrogen-bond acceptors (Lipinski definition) is 7. The number of fused-ring (bicyclic) bond motifs is 1. The maximum absolute atomic E-state index is 13.3. The average molecular weight is 399 g/mol. The Balaban J connectivity index is 1.73. The third-order valence-corrected chi connectivity index (χ3v) is 6.93. The fourth-order valence-electron chi connectivity index (χ4n) is 3.53. The lowest BCUT2D eigenvalue weighted by Crippen LogP contribution is -2.38. The van der Waals surface area contributed by atoms with E-state index >= 15 is 0 Å². The summed E-state index contributed by atoms with van der Waals surface area (Å²) < 4.78 is 33.3. The Morgan fingerprint density at radius 2 is 1.89 bits per heavy atom. The molecule has 0 amide bonds. The number of anilines is 1. The molecule has 1 aliphatic heterocycles. The molecule has 1 atom stereocenters. The zero-order valence-corrected chi connectivity index (χ0v) is 16.3. The van der Waals surface area contributed by atoms with Crippen LogP contribution < -0.4 is 10.5 Å². The monoisotopic (exact) mass is 399 g/mol. The van der Waals surface area contributed by atoms with Crippen molar-refractivity contribution >= 4 is 26.9 Å². The van der Waals surface area contributed by atoms with E-state index < -0.39 is 10.0 Å². The van der Waals surface area contributed by atoms with Crippen LogP contribution in [0.2, 0.25) is 0 Å². The van der Waals surface area contributed by atoms with Crippen molar-refractivity contribution in [2.75, 3.05) is 19.4 Å². The molecule has 1 aromatic carbocycles. The van der Waals surface area contributed by atoms with Gasteiger partial charge in [0.05, 0.1) is 29.1 Å². The lowest BCUT2D eigenvalue weighted by molar-refractivity contribution is 0.252. The molecule has 2 N–H and O–H groups in total. The van der Waals surface area contributed by atoms with E-state index in [1.54, 1.807) is 37.4 Å². The van der Waals surface area contributed by atoms with Gasteiger partial charge in [0.15, 0.2) is 5.65 Å². The number of hydrogen-bond donors (Lipinski definition) is 1. The molecule has 1 aliphatic rings. The molecule has 8 nitrogen and oxygen atoms in total. The maximum Gasteiger partial charge on any atom is 0.243 e. The standard InChI is InChI=1S/C19H21N5O3S/c1-27-13-5-7-14(8-6-13)28(25,26)24-11-3-2-4-17(24)16-10-9-15-18(20)21-12-22-19(15)23-16/h5-10,12,17H,2-4,11H2,1H3,(H2,20,21,22,23)/t17-/m1/s1. The maximum atomic E-state index is 13.3. The third-order valence-electron chi connectivity index (χ3n) is 5.01. The Bertz CT molecular complexity index is 1100. The fraction of sp³-hybridized carbons (Fsp3) is 0.316. The summed E-state index contributed by atoms with van der Waals surface area (Å²) in [6.07, 6.45) is 3.81. The number of ether oxygens (including phenoxy) is 1. The van der Waals surface area contributed by atoms with Gasteiger partial charge in [-0.25, -0.2) is 23.4 Å². The summed E-state index contributed by atoms with van der Waals surface area (Å²) in [5, 5.41) is 0.659. The van der Waals surface area contributed by atoms with Crippen molar-refractivity contribution in [3.8, 4) is 5.75 Å². The van der Waals surface area contributed by atoms with Gasteiger partial charge in [-0.2, -0.15) is 4.31 Å². The minimum Gasteiger partial charge on any atom is -0.497 e. The molecule has 0 radical (unpaired) electrons. The Kier molecular flexibility index (Phi) is 4.86. The molecule has 28 heavy (non-hydrogen) atoms. The first kappa shape index (κ1) is 18.6. The van der Waals surface area contributed by atoms with Gasteiger partial charge in [-0.1, -0.05) is 6.42 Å². The third kappa shape index (κ3) is 3.27. The van der Waals surface area contributed by atoms with Crippen LogP contribution in [0.3, 0.4) is 0 Å². The number of benzene rings is 1. The van der Waals surface area contributed by atoms with Crippen molar-refractivity contribution in [2.45, 2.75) is 30.2 Å². The van der Waals surface area contributed by atoms with Crippen LogP contribution in [0, 0.1) is 0 Å². The van der Waals surface area contributed by atoms with Gasteiger partial charge in [-0.3, -0.25) is 0 Å². The van der Waals surface area contributed by atoms with E-state index in [1.165, 1.54) is 10.6 Å². The second kappa shape index (κ2) is 7.33. The molecule has 0 saturated carbocycles. The van der Waals surface area contributed by atoms with E-state index in [2.05, 4.69) is 15.0 Å². The van der Waals surface area contributed by atoms with Gasteiger partial charge in [0, 0.05) is 6.54 Å². The van der Waals surface area contributed by atoms with E-state index in [1.807, 2.05) is 6.07 Å². The predicted molar refractivity (Wildman–Crippen MR) is 105 cm³/mol. The quantitative estimate of drug-likeness (QED) is 0.717. The molecule has 1 fully saturated rings. The number of nitrogens with zero attached hydrogens (tertiary/aromatic N) is 4. The molecule has 4 rings (SSSR count). The first-order valence-electron chi connectivity index (χ1n) is 9.04. The zero-order valence-electron chi connectivity index (χ0n) is 15.4. The highest BCUT2D eigenvalue weighted by Crippen LogP contribution is 2.35. The molecule has 0 unspecified atom stereocenters. The Labute approximate surface area is 163 Å². The second-order valence-electron chi connectivity index (χ2n) is 6.67. The van der Waals surface area contributed by atoms with Crippen LogP contribution >= 0.6 is 0 Å². The van der Waals surface area contributed by atoms with Crippen LogP contribution in [0.15, 0.2) is 47.6 Å². The first-order valence-corrected chi connectivity index (χ1v) is 10.5. The van der Waals surface area contributed by atoms with Crippen LogP contribution in [0.1, 0.15) is 31.0 Å². The molecule has 2 aromatic heterocycles. The largest absolute Gasteiger partial charge is 0.497 e. The van der Waals surface area contributed by atoms with Crippen LogP contribution in [0.25, 0.3) is 11.0 Å². The van der Waals surface area contributed by atoms with Crippen molar-refractivity contribution in [3.05, 3.63) is 48.4 Å². The summed E-state index contributed by atoms with van der Waals surface area (Å²) in [4.78, 5) is 13.0. The van der Waals surface area contributed by atoms with Gasteiger partial charge in [-0.05, 0) is 49.2 Å². The molecule has 0 aliphatic carbocycles. The van der Waals surface area contributed by atoms with E-state index in [0.717, 1.165) is 12.8 Å². The number of aromatic nitrogens is 3. The number of pyridine rings is 1. The zero-order chi connectivity index (χ0) is 19.7. The number of methoxy groups -OCH3 is 1. The van der Waals surface area contributed by atoms with Crippen LogP contribution in [0.5, 0.6) is 5.75 Å². The molecule has 146 valence electrons. The van der Waals surface area contributed by atoms with Gasteiger partial charge in [-0.15, -0.1) is 0 Å². The smallest absolute Gasteiger partial charge is 0.243 e. The summed E-state index contributed by atoms with van der Waals surface area (Å²) in [5.41, 5.74) is 7.01. The van der Waals surface area contributed by atoms with Crippen LogP contribution in [0.4, 0.5) is 5.82 Å². The molecule has 9 heteroatoms. The first-order chi connectivity index (χ1) is 13.5. The lowest BCUT2D eigenvalue weighted by Gasteiger charge is -2.34. The average Bonchev–Trinajstić information content (AvgIpc) is 2.74. The van der Waals surface area contributed by atoms with E-state index in [0.29, 0.717) is 41.3 Å². The number of nitrogens with two attached hydrogens (primary N) is 1. The Morgan fingerprint density at radius 3 is 2.64 bits per heavy atom. The van der Waals surface area contributed by atoms with Gasteiger partial charge >= 0.3 is 0 Å². The van der Waals surface area contributed by atoms with Crippen LogP contribution in [-0.2, 0) is 10.0 Å². The minimum absolute atomic E-state index is 0.243. The number of nitrogen functional groups attached to an aromatic ring is 1. The van der Waals surface area contributed by atoms with E-state index in [-0.39, 0.29) is 10.9 Å². The Hall–Kier alpha value is -2.78. The van der Waals surface area contributed by atoms with Gasteiger partial charge in [0.25, 0.3) is 0 Å². The summed E-state index contributed by atoms with van der Waals surface area (Å²) in [7, 11) is -2.12. The number of piperidine rings is 1. The molecule has 3 aromatic rings. The number of rotatable bonds is 4. The van der Waals surface area contributed by atoms with Gasteiger partial charge in [0.1, 0.15) is 17.9 Å². The molecular weight excluding hydrogens is 378 g/mol. The van der Waals surface area contributed by atoms with Crippen molar-refractivity contribution in [1.29, 1.82) is 0 Å². The van der Waals surface area contributed by atoms with E-state index in [9.17, 15) is 8.42 Å². The van der Waals surface area contributed by atoms with Crippen LogP contribution in [-0.4, -0.2) is 41.3 Å². The summed E-state index contributed by atoms with van der Waals surface area (Å²) >= 11 is 0. The van der Waals surface area contributed by atoms with Crippen molar-refractivity contribution in [2.24, 2.45) is 0 Å². The Morgan fingerprint density at radius 1 is 1.11 bits per heavy atom. The minimum atomic E-state index is -3.67. The topological polar surface area (TPSA) is 111 Å². The fourth-order valence-corrected chi connectivity index (χ4v) is 5.20. The molecule has 0 bridgehead atoms. The predicted octanol–water partition coefficient (Wildman–Crippen LogP) is 2.53. The van der Waals surface area contributed by atoms with E-state index in [4.69, 9.17) is 10.5 Å².